The number of hydrogen-bond donors (Lipinski definition) is 0. The molecule has 0 radical (unpaired) electrons. The van der Waals surface area contributed by atoms with Gasteiger partial charge in [-0.25, -0.2) is 0 Å². The Morgan fingerprint density at radius 2 is 1.97 bits per heavy atom. The van der Waals surface area contributed by atoms with Crippen molar-refractivity contribution in [2.24, 2.45) is 0 Å². The van der Waals surface area contributed by atoms with Gasteiger partial charge in [0.25, 0.3) is 11.5 Å². The molecule has 1 aliphatic rings. The molecule has 2 aromatic heterocycles. The highest BCUT2D eigenvalue weighted by Crippen LogP contribution is 2.19. The van der Waals surface area contributed by atoms with Crippen molar-refractivity contribution in [2.45, 2.75) is 33.0 Å². The van der Waals surface area contributed by atoms with E-state index >= 15 is 0 Å². The van der Waals surface area contributed by atoms with Crippen LogP contribution in [0.1, 0.15) is 45.8 Å². The highest BCUT2D eigenvalue weighted by atomic mass is 16.2. The summed E-state index contributed by atoms with van der Waals surface area (Å²) in [7, 11) is 0. The fourth-order valence-electron chi connectivity index (χ4n) is 3.75. The van der Waals surface area contributed by atoms with Crippen LogP contribution < -0.4 is 5.56 Å². The summed E-state index contributed by atoms with van der Waals surface area (Å²) in [6.07, 6.45) is 1.75. The van der Waals surface area contributed by atoms with E-state index in [1.165, 1.54) is 0 Å². The van der Waals surface area contributed by atoms with Crippen LogP contribution in [0.3, 0.4) is 0 Å². The Morgan fingerprint density at radius 1 is 1.21 bits per heavy atom. The molecule has 0 N–H and O–H groups in total. The number of benzene rings is 1. The van der Waals surface area contributed by atoms with Crippen molar-refractivity contribution in [1.82, 2.24) is 19.2 Å². The molecule has 1 amide bonds. The van der Waals surface area contributed by atoms with Crippen LogP contribution in [0.25, 0.3) is 0 Å². The molecular weight excluding hydrogens is 366 g/mol. The number of carbonyl (C=O) groups excluding carboxylic acids is 1. The summed E-state index contributed by atoms with van der Waals surface area (Å²) < 4.78 is 3.35. The molecule has 7 heteroatoms. The van der Waals surface area contributed by atoms with Crippen LogP contribution >= 0.6 is 0 Å². The van der Waals surface area contributed by atoms with Crippen molar-refractivity contribution >= 4 is 5.91 Å². The summed E-state index contributed by atoms with van der Waals surface area (Å²) in [6.45, 7) is 5.01. The zero-order valence-corrected chi connectivity index (χ0v) is 16.4. The number of fused-ring (bicyclic) bond motifs is 1. The molecule has 0 saturated heterocycles. The smallest absolute Gasteiger partial charge is 0.264 e. The molecule has 3 aromatic rings. The van der Waals surface area contributed by atoms with Crippen molar-refractivity contribution in [3.05, 3.63) is 87.1 Å². The van der Waals surface area contributed by atoms with Crippen molar-refractivity contribution in [3.8, 4) is 6.07 Å². The van der Waals surface area contributed by atoms with E-state index in [2.05, 4.69) is 5.10 Å². The van der Waals surface area contributed by atoms with Gasteiger partial charge in [0.1, 0.15) is 11.6 Å². The lowest BCUT2D eigenvalue weighted by Crippen LogP contribution is -2.42. The van der Waals surface area contributed by atoms with Crippen LogP contribution in [0, 0.1) is 18.3 Å². The maximum absolute atomic E-state index is 13.3. The first-order chi connectivity index (χ1) is 14.0. The molecule has 0 spiro atoms. The zero-order valence-electron chi connectivity index (χ0n) is 16.4. The number of nitriles is 1. The van der Waals surface area contributed by atoms with Crippen LogP contribution in [0.5, 0.6) is 0 Å². The quantitative estimate of drug-likeness (QED) is 0.691. The van der Waals surface area contributed by atoms with E-state index in [0.29, 0.717) is 30.9 Å². The van der Waals surface area contributed by atoms with E-state index in [4.69, 9.17) is 5.26 Å². The Morgan fingerprint density at radius 3 is 2.69 bits per heavy atom. The lowest BCUT2D eigenvalue weighted by atomic mass is 10.1. The third-order valence-electron chi connectivity index (χ3n) is 5.44. The van der Waals surface area contributed by atoms with Gasteiger partial charge in [-0.3, -0.25) is 14.3 Å². The van der Waals surface area contributed by atoms with Gasteiger partial charge in [0.2, 0.25) is 0 Å². The highest BCUT2D eigenvalue weighted by molar-refractivity contribution is 5.95. The Labute approximate surface area is 168 Å². The molecule has 0 aliphatic carbocycles. The van der Waals surface area contributed by atoms with Gasteiger partial charge < -0.3 is 9.47 Å². The Hall–Kier alpha value is -3.66. The summed E-state index contributed by atoms with van der Waals surface area (Å²) >= 11 is 0. The number of amides is 1. The monoisotopic (exact) mass is 387 g/mol. The predicted octanol–water partition coefficient (Wildman–Crippen LogP) is 2.49. The fraction of sp³-hybridized carbons (Fsp3) is 0.273. The summed E-state index contributed by atoms with van der Waals surface area (Å²) in [5.74, 6) is -0.284. The van der Waals surface area contributed by atoms with Gasteiger partial charge in [0.15, 0.2) is 5.69 Å². The first-order valence-electron chi connectivity index (χ1n) is 9.52. The maximum atomic E-state index is 13.3. The predicted molar refractivity (Wildman–Crippen MR) is 107 cm³/mol. The average Bonchev–Trinajstić information content (AvgIpc) is 3.16. The van der Waals surface area contributed by atoms with Crippen LogP contribution in [0.4, 0.5) is 0 Å². The second-order valence-corrected chi connectivity index (χ2v) is 7.26. The molecule has 1 atom stereocenters. The summed E-state index contributed by atoms with van der Waals surface area (Å²) in [5, 5.41) is 13.2. The van der Waals surface area contributed by atoms with Gasteiger partial charge in [0, 0.05) is 12.7 Å². The van der Waals surface area contributed by atoms with Crippen LogP contribution in [-0.4, -0.2) is 31.7 Å². The number of carbonyl (C=O) groups is 1. The lowest BCUT2D eigenvalue weighted by Gasteiger charge is -2.28. The fourth-order valence-corrected chi connectivity index (χ4v) is 3.75. The molecule has 1 unspecified atom stereocenters. The Bertz CT molecular complexity index is 1170. The summed E-state index contributed by atoms with van der Waals surface area (Å²) in [5.41, 5.74) is 2.71. The van der Waals surface area contributed by atoms with Crippen molar-refractivity contribution < 1.29 is 4.79 Å². The zero-order chi connectivity index (χ0) is 20.5. The molecule has 0 saturated carbocycles. The van der Waals surface area contributed by atoms with E-state index in [1.807, 2.05) is 49.4 Å². The minimum Gasteiger partial charge on any atom is -0.331 e. The van der Waals surface area contributed by atoms with Gasteiger partial charge in [-0.1, -0.05) is 30.3 Å². The van der Waals surface area contributed by atoms with E-state index in [-0.39, 0.29) is 23.1 Å². The number of nitrogens with zero attached hydrogens (tertiary/aromatic N) is 5. The standard InChI is InChI=1S/C22H21N5O2/c1-15-8-9-26(16(2)17-6-4-3-5-7-17)22(29)20(15)21(28)25-10-11-27-19(14-25)12-18(13-23)24-27/h3-9,12,16H,10-11,14H2,1-2H3. The number of aryl methyl sites for hydroxylation is 1. The molecule has 7 nitrogen and oxygen atoms in total. The van der Waals surface area contributed by atoms with Crippen molar-refractivity contribution in [2.75, 3.05) is 6.54 Å². The van der Waals surface area contributed by atoms with E-state index in [1.54, 1.807) is 33.3 Å². The van der Waals surface area contributed by atoms with E-state index < -0.39 is 0 Å². The van der Waals surface area contributed by atoms with Gasteiger partial charge in [0.05, 0.1) is 24.8 Å². The van der Waals surface area contributed by atoms with E-state index in [0.717, 1.165) is 11.3 Å². The molecule has 4 rings (SSSR count). The minimum absolute atomic E-state index is 0.183. The Balaban J connectivity index is 1.67. The molecule has 1 aliphatic heterocycles. The minimum atomic E-state index is -0.289. The third-order valence-corrected chi connectivity index (χ3v) is 5.44. The second-order valence-electron chi connectivity index (χ2n) is 7.26. The summed E-state index contributed by atoms with van der Waals surface area (Å²) in [4.78, 5) is 28.1. The van der Waals surface area contributed by atoms with Crippen molar-refractivity contribution in [3.63, 3.8) is 0 Å². The van der Waals surface area contributed by atoms with Crippen LogP contribution in [0.15, 0.2) is 53.5 Å². The van der Waals surface area contributed by atoms with Gasteiger partial charge in [-0.15, -0.1) is 0 Å². The summed E-state index contributed by atoms with van der Waals surface area (Å²) in [6, 6.07) is 15.1. The SMILES string of the molecule is Cc1ccn(C(C)c2ccccc2)c(=O)c1C(=O)N1CCn2nc(C#N)cc2C1. The molecule has 1 aromatic carbocycles. The molecule has 3 heterocycles. The first-order valence-corrected chi connectivity index (χ1v) is 9.52. The van der Waals surface area contributed by atoms with Gasteiger partial charge >= 0.3 is 0 Å². The molecule has 29 heavy (non-hydrogen) atoms. The molecule has 0 bridgehead atoms. The number of hydrogen-bond acceptors (Lipinski definition) is 4. The van der Waals surface area contributed by atoms with E-state index in [9.17, 15) is 9.59 Å². The molecule has 146 valence electrons. The topological polar surface area (TPSA) is 83.9 Å². The van der Waals surface area contributed by atoms with Crippen molar-refractivity contribution in [1.29, 1.82) is 5.26 Å². The van der Waals surface area contributed by atoms with Gasteiger partial charge in [-0.2, -0.15) is 10.4 Å². The maximum Gasteiger partial charge on any atom is 0.264 e. The number of pyridine rings is 1. The largest absolute Gasteiger partial charge is 0.331 e. The Kier molecular flexibility index (Phi) is 4.77. The van der Waals surface area contributed by atoms with Crippen LogP contribution in [-0.2, 0) is 13.1 Å². The third kappa shape index (κ3) is 3.34. The second kappa shape index (κ2) is 7.40. The number of aromatic nitrogens is 3. The highest BCUT2D eigenvalue weighted by Gasteiger charge is 2.27. The molecule has 0 fully saturated rings. The lowest BCUT2D eigenvalue weighted by molar-refractivity contribution is 0.0702. The first kappa shape index (κ1) is 18.7. The van der Waals surface area contributed by atoms with Gasteiger partial charge in [-0.05, 0) is 37.1 Å². The average molecular weight is 387 g/mol. The normalized spacial score (nSPS) is 14.2. The van der Waals surface area contributed by atoms with Crippen LogP contribution in [0.2, 0.25) is 0 Å². The number of rotatable bonds is 3. The molecular formula is C22H21N5O2.